The van der Waals surface area contributed by atoms with Crippen LogP contribution < -0.4 is 10.5 Å². The van der Waals surface area contributed by atoms with Crippen LogP contribution >= 0.6 is 0 Å². The maximum absolute atomic E-state index is 5.90. The lowest BCUT2D eigenvalue weighted by molar-refractivity contribution is 0.266. The van der Waals surface area contributed by atoms with E-state index in [1.54, 1.807) is 0 Å². The maximum atomic E-state index is 5.90. The van der Waals surface area contributed by atoms with Gasteiger partial charge in [0.1, 0.15) is 11.3 Å². The van der Waals surface area contributed by atoms with Crippen LogP contribution in [0.15, 0.2) is 46.9 Å². The van der Waals surface area contributed by atoms with Gasteiger partial charge < -0.3 is 14.9 Å². The van der Waals surface area contributed by atoms with E-state index in [2.05, 4.69) is 11.1 Å². The van der Waals surface area contributed by atoms with Crippen molar-refractivity contribution in [2.24, 2.45) is 0 Å². The summed E-state index contributed by atoms with van der Waals surface area (Å²) < 4.78 is 11.6. The van der Waals surface area contributed by atoms with Gasteiger partial charge in [0.05, 0.1) is 12.5 Å². The van der Waals surface area contributed by atoms with Gasteiger partial charge in [-0.05, 0) is 30.7 Å². The first-order chi connectivity index (χ1) is 9.81. The molecule has 3 aromatic rings. The molecule has 0 amide bonds. The topological polar surface area (TPSA) is 61.3 Å². The Labute approximate surface area is 116 Å². The molecule has 4 nitrogen and oxygen atoms in total. The zero-order valence-corrected chi connectivity index (χ0v) is 10.9. The molecule has 4 rings (SSSR count). The Hall–Kier alpha value is -2.49. The Kier molecular flexibility index (Phi) is 2.42. The summed E-state index contributed by atoms with van der Waals surface area (Å²) >= 11 is 0. The van der Waals surface area contributed by atoms with Crippen molar-refractivity contribution in [3.8, 4) is 5.75 Å². The fourth-order valence-electron chi connectivity index (χ4n) is 2.71. The van der Waals surface area contributed by atoms with Crippen LogP contribution in [-0.4, -0.2) is 11.6 Å². The Morgan fingerprint density at radius 1 is 1.15 bits per heavy atom. The van der Waals surface area contributed by atoms with Crippen molar-refractivity contribution in [3.63, 3.8) is 0 Å². The zero-order valence-electron chi connectivity index (χ0n) is 10.9. The summed E-state index contributed by atoms with van der Waals surface area (Å²) in [5.41, 5.74) is 9.21. The summed E-state index contributed by atoms with van der Waals surface area (Å²) in [6.45, 7) is 0.683. The highest BCUT2D eigenvalue weighted by atomic mass is 16.5. The summed E-state index contributed by atoms with van der Waals surface area (Å²) in [4.78, 5) is 4.59. The second-order valence-corrected chi connectivity index (χ2v) is 5.01. The van der Waals surface area contributed by atoms with Crippen molar-refractivity contribution in [2.45, 2.75) is 12.3 Å². The molecule has 0 spiro atoms. The molecule has 4 heteroatoms. The minimum absolute atomic E-state index is 0.147. The summed E-state index contributed by atoms with van der Waals surface area (Å²) in [5.74, 6) is 1.81. The van der Waals surface area contributed by atoms with Crippen molar-refractivity contribution in [2.75, 3.05) is 12.3 Å². The van der Waals surface area contributed by atoms with Crippen molar-refractivity contribution < 1.29 is 9.15 Å². The van der Waals surface area contributed by atoms with Crippen molar-refractivity contribution in [1.82, 2.24) is 4.98 Å². The third-order valence-electron chi connectivity index (χ3n) is 3.68. The van der Waals surface area contributed by atoms with Gasteiger partial charge in [-0.25, -0.2) is 4.98 Å². The predicted octanol–water partition coefficient (Wildman–Crippen LogP) is 3.32. The Morgan fingerprint density at radius 3 is 3.00 bits per heavy atom. The molecule has 0 radical (unpaired) electrons. The van der Waals surface area contributed by atoms with Crippen LogP contribution in [0.1, 0.15) is 23.8 Å². The van der Waals surface area contributed by atoms with Crippen LogP contribution in [0.4, 0.5) is 5.69 Å². The number of nitrogens with zero attached hydrogens (tertiary/aromatic N) is 1. The third kappa shape index (κ3) is 1.72. The minimum atomic E-state index is 0.147. The summed E-state index contributed by atoms with van der Waals surface area (Å²) in [5, 5.41) is 0. The number of ether oxygens (including phenoxy) is 1. The predicted molar refractivity (Wildman–Crippen MR) is 76.8 cm³/mol. The number of fused-ring (bicyclic) bond motifs is 2. The molecule has 1 aromatic heterocycles. The summed E-state index contributed by atoms with van der Waals surface area (Å²) in [7, 11) is 0. The van der Waals surface area contributed by atoms with Gasteiger partial charge in [-0.1, -0.05) is 18.2 Å². The minimum Gasteiger partial charge on any atom is -0.493 e. The molecule has 100 valence electrons. The van der Waals surface area contributed by atoms with E-state index in [-0.39, 0.29) is 5.92 Å². The number of nitrogen functional groups attached to an aromatic ring is 1. The van der Waals surface area contributed by atoms with E-state index in [0.29, 0.717) is 12.3 Å². The van der Waals surface area contributed by atoms with E-state index in [9.17, 15) is 0 Å². The standard InChI is InChI=1S/C16H14N2O2/c17-10-5-6-15-13(9-10)18-16(20-15)12-7-8-19-14-4-2-1-3-11(12)14/h1-6,9,12H,7-8,17H2. The highest BCUT2D eigenvalue weighted by Gasteiger charge is 2.26. The molecule has 0 aliphatic carbocycles. The molecule has 1 aliphatic rings. The van der Waals surface area contributed by atoms with Gasteiger partial charge in [-0.15, -0.1) is 0 Å². The van der Waals surface area contributed by atoms with Crippen LogP contribution in [0, 0.1) is 0 Å². The number of nitrogens with two attached hydrogens (primary N) is 1. The molecular formula is C16H14N2O2. The molecule has 0 saturated heterocycles. The van der Waals surface area contributed by atoms with Crippen molar-refractivity contribution >= 4 is 16.8 Å². The highest BCUT2D eigenvalue weighted by Crippen LogP contribution is 2.38. The molecule has 1 unspecified atom stereocenters. The van der Waals surface area contributed by atoms with E-state index in [1.165, 1.54) is 0 Å². The fourth-order valence-corrected chi connectivity index (χ4v) is 2.71. The smallest absolute Gasteiger partial charge is 0.203 e. The first-order valence-corrected chi connectivity index (χ1v) is 6.69. The number of oxazole rings is 1. The van der Waals surface area contributed by atoms with Gasteiger partial charge in [0, 0.05) is 11.3 Å². The van der Waals surface area contributed by atoms with Crippen LogP contribution in [0.25, 0.3) is 11.1 Å². The third-order valence-corrected chi connectivity index (χ3v) is 3.68. The lowest BCUT2D eigenvalue weighted by Crippen LogP contribution is -2.15. The first kappa shape index (κ1) is 11.3. The average Bonchev–Trinajstić information content (AvgIpc) is 2.89. The van der Waals surface area contributed by atoms with E-state index in [4.69, 9.17) is 14.9 Å². The number of anilines is 1. The largest absolute Gasteiger partial charge is 0.493 e. The van der Waals surface area contributed by atoms with Crippen LogP contribution in [0.5, 0.6) is 5.75 Å². The zero-order chi connectivity index (χ0) is 13.5. The lowest BCUT2D eigenvalue weighted by Gasteiger charge is -2.23. The highest BCUT2D eigenvalue weighted by molar-refractivity contribution is 5.76. The Bertz CT molecular complexity index is 779. The molecule has 2 aromatic carbocycles. The molecular weight excluding hydrogens is 252 g/mol. The quantitative estimate of drug-likeness (QED) is 0.686. The molecule has 1 aliphatic heterocycles. The second kappa shape index (κ2) is 4.27. The molecule has 1 atom stereocenters. The van der Waals surface area contributed by atoms with E-state index in [1.807, 2.05) is 36.4 Å². The maximum Gasteiger partial charge on any atom is 0.203 e. The van der Waals surface area contributed by atoms with Gasteiger partial charge >= 0.3 is 0 Å². The fraction of sp³-hybridized carbons (Fsp3) is 0.188. The first-order valence-electron chi connectivity index (χ1n) is 6.69. The number of aromatic nitrogens is 1. The van der Waals surface area contributed by atoms with E-state index in [0.717, 1.165) is 34.7 Å². The normalized spacial score (nSPS) is 17.7. The van der Waals surface area contributed by atoms with Crippen LogP contribution in [-0.2, 0) is 0 Å². The van der Waals surface area contributed by atoms with Gasteiger partial charge in [0.15, 0.2) is 5.58 Å². The number of hydrogen-bond acceptors (Lipinski definition) is 4. The molecule has 2 heterocycles. The monoisotopic (exact) mass is 266 g/mol. The Morgan fingerprint density at radius 2 is 2.05 bits per heavy atom. The van der Waals surface area contributed by atoms with Crippen molar-refractivity contribution in [3.05, 3.63) is 53.9 Å². The van der Waals surface area contributed by atoms with Crippen LogP contribution in [0.3, 0.4) is 0 Å². The Balaban J connectivity index is 1.84. The van der Waals surface area contributed by atoms with Gasteiger partial charge in [-0.2, -0.15) is 0 Å². The van der Waals surface area contributed by atoms with E-state index < -0.39 is 0 Å². The molecule has 0 bridgehead atoms. The average molecular weight is 266 g/mol. The van der Waals surface area contributed by atoms with Gasteiger partial charge in [-0.3, -0.25) is 0 Å². The SMILES string of the molecule is Nc1ccc2oc(C3CCOc4ccccc43)nc2c1. The molecule has 20 heavy (non-hydrogen) atoms. The number of benzene rings is 2. The molecule has 0 saturated carbocycles. The summed E-state index contributed by atoms with van der Waals surface area (Å²) in [6, 6.07) is 13.6. The second-order valence-electron chi connectivity index (χ2n) is 5.01. The molecule has 2 N–H and O–H groups in total. The number of rotatable bonds is 1. The summed E-state index contributed by atoms with van der Waals surface area (Å²) in [6.07, 6.45) is 0.874. The number of hydrogen-bond donors (Lipinski definition) is 1. The van der Waals surface area contributed by atoms with E-state index >= 15 is 0 Å². The van der Waals surface area contributed by atoms with Gasteiger partial charge in [0.2, 0.25) is 5.89 Å². The lowest BCUT2D eigenvalue weighted by atomic mass is 9.93. The van der Waals surface area contributed by atoms with Gasteiger partial charge in [0.25, 0.3) is 0 Å². The van der Waals surface area contributed by atoms with Crippen molar-refractivity contribution in [1.29, 1.82) is 0 Å². The molecule has 0 fully saturated rings. The number of para-hydroxylation sites is 1. The van der Waals surface area contributed by atoms with Crippen LogP contribution in [0.2, 0.25) is 0 Å².